The quantitative estimate of drug-likeness (QED) is 0.527. The number of allylic oxidation sites excluding steroid dienone is 3. The molecule has 0 saturated heterocycles. The van der Waals surface area contributed by atoms with Crippen molar-refractivity contribution >= 4 is 0 Å². The molecular weight excluding hydrogens is 250 g/mol. The molecule has 0 unspecified atom stereocenters. The smallest absolute Gasteiger partial charge is 0.122 e. The third-order valence-corrected chi connectivity index (χ3v) is 3.78. The van der Waals surface area contributed by atoms with Crippen LogP contribution in [0.3, 0.4) is 0 Å². The van der Waals surface area contributed by atoms with Gasteiger partial charge in [-0.25, -0.2) is 0 Å². The molecule has 0 amide bonds. The Morgan fingerprint density at radius 1 is 1.20 bits per heavy atom. The van der Waals surface area contributed by atoms with Crippen LogP contribution in [0, 0.1) is 0 Å². The first kappa shape index (κ1) is 14.8. The summed E-state index contributed by atoms with van der Waals surface area (Å²) in [5.74, 6) is 0.819. The Bertz CT molecular complexity index is 490. The second kappa shape index (κ2) is 6.22. The summed E-state index contributed by atoms with van der Waals surface area (Å²) in [6.07, 6.45) is 19.6. The van der Waals surface area contributed by atoms with Crippen LogP contribution in [0.4, 0.5) is 0 Å². The highest BCUT2D eigenvalue weighted by molar-refractivity contribution is 5.28. The van der Waals surface area contributed by atoms with E-state index in [0.717, 1.165) is 12.2 Å². The molecule has 0 bridgehead atoms. The van der Waals surface area contributed by atoms with Crippen molar-refractivity contribution in [1.82, 2.24) is 10.6 Å². The van der Waals surface area contributed by atoms with Crippen LogP contribution in [0.15, 0.2) is 60.6 Å². The number of rotatable bonds is 5. The van der Waals surface area contributed by atoms with Gasteiger partial charge in [-0.2, -0.15) is 0 Å². The van der Waals surface area contributed by atoms with Crippen molar-refractivity contribution in [3.63, 3.8) is 0 Å². The van der Waals surface area contributed by atoms with E-state index in [1.165, 1.54) is 0 Å². The van der Waals surface area contributed by atoms with Gasteiger partial charge < -0.3 is 15.8 Å². The average molecular weight is 273 g/mol. The van der Waals surface area contributed by atoms with E-state index in [1.807, 2.05) is 44.5 Å². The first-order valence-electron chi connectivity index (χ1n) is 6.86. The molecule has 4 heteroatoms. The van der Waals surface area contributed by atoms with E-state index in [9.17, 15) is 0 Å². The monoisotopic (exact) mass is 273 g/mol. The molecule has 108 valence electrons. The fraction of sp³-hybridized carbons (Fsp3) is 0.375. The lowest BCUT2D eigenvalue weighted by Gasteiger charge is -2.28. The molecule has 0 saturated carbocycles. The van der Waals surface area contributed by atoms with E-state index in [2.05, 4.69) is 28.9 Å². The highest BCUT2D eigenvalue weighted by Gasteiger charge is 2.22. The van der Waals surface area contributed by atoms with Gasteiger partial charge in [-0.3, -0.25) is 5.32 Å². The zero-order chi connectivity index (χ0) is 14.5. The molecule has 0 radical (unpaired) electrons. The molecule has 2 aliphatic carbocycles. The predicted octanol–water partition coefficient (Wildman–Crippen LogP) is 1.71. The van der Waals surface area contributed by atoms with Crippen molar-refractivity contribution in [1.29, 1.82) is 0 Å². The zero-order valence-electron chi connectivity index (χ0n) is 12.1. The van der Waals surface area contributed by atoms with Crippen LogP contribution in [0.5, 0.6) is 0 Å². The van der Waals surface area contributed by atoms with Gasteiger partial charge in [0.2, 0.25) is 0 Å². The highest BCUT2D eigenvalue weighted by atomic mass is 16.5. The standard InChI is InChI=1S/C16H23N3O/c1-18-15(8-4-3-5-9-15)12-13-20-14-6-10-16(17,19-2)11-7-14/h3-8,10,12-13,18-19H,9,11,17H2,1-2H3/b13-12-/t15-,16-/m1/s1. The Morgan fingerprint density at radius 3 is 2.60 bits per heavy atom. The molecule has 0 heterocycles. The van der Waals surface area contributed by atoms with Crippen molar-refractivity contribution in [3.8, 4) is 0 Å². The van der Waals surface area contributed by atoms with Crippen LogP contribution in [0.2, 0.25) is 0 Å². The first-order chi connectivity index (χ1) is 9.61. The molecule has 2 atom stereocenters. The van der Waals surface area contributed by atoms with Gasteiger partial charge in [-0.1, -0.05) is 24.3 Å². The molecule has 0 aromatic carbocycles. The van der Waals surface area contributed by atoms with E-state index >= 15 is 0 Å². The third kappa shape index (κ3) is 3.48. The fourth-order valence-electron chi connectivity index (χ4n) is 2.17. The van der Waals surface area contributed by atoms with Crippen LogP contribution in [-0.2, 0) is 4.74 Å². The molecular formula is C16H23N3O. The van der Waals surface area contributed by atoms with E-state index in [1.54, 1.807) is 6.26 Å². The summed E-state index contributed by atoms with van der Waals surface area (Å²) in [5.41, 5.74) is 5.45. The zero-order valence-corrected chi connectivity index (χ0v) is 12.1. The van der Waals surface area contributed by atoms with Crippen LogP contribution in [-0.4, -0.2) is 25.3 Å². The summed E-state index contributed by atoms with van der Waals surface area (Å²) >= 11 is 0. The molecule has 0 spiro atoms. The molecule has 2 aliphatic rings. The van der Waals surface area contributed by atoms with E-state index in [-0.39, 0.29) is 5.54 Å². The normalized spacial score (nSPS) is 32.6. The van der Waals surface area contributed by atoms with E-state index in [4.69, 9.17) is 10.5 Å². The van der Waals surface area contributed by atoms with Crippen LogP contribution < -0.4 is 16.4 Å². The number of hydrogen-bond acceptors (Lipinski definition) is 4. The Hall–Kier alpha value is -1.62. The van der Waals surface area contributed by atoms with Gasteiger partial charge >= 0.3 is 0 Å². The number of nitrogens with two attached hydrogens (primary N) is 1. The third-order valence-electron chi connectivity index (χ3n) is 3.78. The van der Waals surface area contributed by atoms with E-state index in [0.29, 0.717) is 6.42 Å². The SMILES string of the molecule is CN[C@]1(/C=C\OC2=CC[C@](N)(NC)C=C2)C=CC=CC1. The van der Waals surface area contributed by atoms with Gasteiger partial charge in [0, 0.05) is 6.42 Å². The van der Waals surface area contributed by atoms with Gasteiger partial charge in [0.05, 0.1) is 17.5 Å². The Balaban J connectivity index is 1.93. The molecule has 4 N–H and O–H groups in total. The molecule has 0 aliphatic heterocycles. The molecule has 20 heavy (non-hydrogen) atoms. The summed E-state index contributed by atoms with van der Waals surface area (Å²) < 4.78 is 5.66. The predicted molar refractivity (Wildman–Crippen MR) is 82.7 cm³/mol. The summed E-state index contributed by atoms with van der Waals surface area (Å²) in [7, 11) is 3.80. The Morgan fingerprint density at radius 2 is 2.05 bits per heavy atom. The number of likely N-dealkylation sites (N-methyl/N-ethyl adjacent to an activating group) is 2. The van der Waals surface area contributed by atoms with Crippen molar-refractivity contribution in [2.24, 2.45) is 5.73 Å². The lowest BCUT2D eigenvalue weighted by molar-refractivity contribution is 0.345. The van der Waals surface area contributed by atoms with Gasteiger partial charge in [0.15, 0.2) is 0 Å². The molecule has 0 aromatic rings. The number of ether oxygens (including phenoxy) is 1. The maximum Gasteiger partial charge on any atom is 0.122 e. The maximum atomic E-state index is 6.07. The average Bonchev–Trinajstić information content (AvgIpc) is 2.50. The minimum atomic E-state index is -0.459. The summed E-state index contributed by atoms with van der Waals surface area (Å²) in [6, 6.07) is 0. The lowest BCUT2D eigenvalue weighted by atomic mass is 9.91. The minimum Gasteiger partial charge on any atom is -0.466 e. The van der Waals surface area contributed by atoms with Crippen molar-refractivity contribution in [2.45, 2.75) is 24.0 Å². The maximum absolute atomic E-state index is 6.07. The highest BCUT2D eigenvalue weighted by Crippen LogP contribution is 2.20. The van der Waals surface area contributed by atoms with Crippen LogP contribution in [0.25, 0.3) is 0 Å². The van der Waals surface area contributed by atoms with Gasteiger partial charge in [0.25, 0.3) is 0 Å². The number of hydrogen-bond donors (Lipinski definition) is 3. The van der Waals surface area contributed by atoms with Crippen LogP contribution in [0.1, 0.15) is 12.8 Å². The summed E-state index contributed by atoms with van der Waals surface area (Å²) in [4.78, 5) is 0. The topological polar surface area (TPSA) is 59.3 Å². The van der Waals surface area contributed by atoms with Crippen LogP contribution >= 0.6 is 0 Å². The second-order valence-electron chi connectivity index (χ2n) is 5.14. The van der Waals surface area contributed by atoms with Crippen molar-refractivity contribution < 1.29 is 4.74 Å². The molecule has 0 fully saturated rings. The first-order valence-corrected chi connectivity index (χ1v) is 6.86. The Labute approximate surface area is 120 Å². The molecule has 2 rings (SSSR count). The lowest BCUT2D eigenvalue weighted by Crippen LogP contribution is -2.50. The van der Waals surface area contributed by atoms with Gasteiger partial charge in [-0.05, 0) is 44.8 Å². The van der Waals surface area contributed by atoms with E-state index < -0.39 is 5.66 Å². The van der Waals surface area contributed by atoms with Crippen molar-refractivity contribution in [2.75, 3.05) is 14.1 Å². The molecule has 4 nitrogen and oxygen atoms in total. The number of nitrogens with one attached hydrogen (secondary N) is 2. The van der Waals surface area contributed by atoms with Crippen molar-refractivity contribution in [3.05, 3.63) is 60.6 Å². The molecule has 0 aromatic heterocycles. The largest absolute Gasteiger partial charge is 0.466 e. The summed E-state index contributed by atoms with van der Waals surface area (Å²) in [5, 5.41) is 6.37. The summed E-state index contributed by atoms with van der Waals surface area (Å²) in [6.45, 7) is 0. The Kier molecular flexibility index (Phi) is 4.60. The second-order valence-corrected chi connectivity index (χ2v) is 5.14. The van der Waals surface area contributed by atoms with Gasteiger partial charge in [-0.15, -0.1) is 0 Å². The minimum absolute atomic E-state index is 0.156. The van der Waals surface area contributed by atoms with Gasteiger partial charge in [0.1, 0.15) is 5.76 Å². The fourth-order valence-corrected chi connectivity index (χ4v) is 2.17.